The summed E-state index contributed by atoms with van der Waals surface area (Å²) < 4.78 is 31.0. The maximum atomic E-state index is 12.6. The molecule has 1 aliphatic heterocycles. The minimum absolute atomic E-state index is 0.205. The molecule has 0 unspecified atom stereocenters. The van der Waals surface area contributed by atoms with Crippen LogP contribution in [0.5, 0.6) is 0 Å². The standard InChI is InChI=1S/C13H21NO6S/c1-20-12(17)13(6-2-3-7-13)9-21(18,19)14-8-4-5-10(14)11(15)16/h10H,2-9H2,1H3,(H,15,16)/t10-/m0/s1. The van der Waals surface area contributed by atoms with Crippen LogP contribution in [0.15, 0.2) is 0 Å². The monoisotopic (exact) mass is 319 g/mol. The summed E-state index contributed by atoms with van der Waals surface area (Å²) in [6.45, 7) is 0.205. The third kappa shape index (κ3) is 3.06. The quantitative estimate of drug-likeness (QED) is 0.745. The van der Waals surface area contributed by atoms with Crippen LogP contribution >= 0.6 is 0 Å². The van der Waals surface area contributed by atoms with Gasteiger partial charge in [-0.3, -0.25) is 9.59 Å². The van der Waals surface area contributed by atoms with E-state index in [9.17, 15) is 18.0 Å². The zero-order valence-corrected chi connectivity index (χ0v) is 12.9. The van der Waals surface area contributed by atoms with Gasteiger partial charge in [0.15, 0.2) is 0 Å². The Kier molecular flexibility index (Phi) is 4.57. The van der Waals surface area contributed by atoms with Crippen molar-refractivity contribution in [3.63, 3.8) is 0 Å². The lowest BCUT2D eigenvalue weighted by Gasteiger charge is -2.29. The fourth-order valence-corrected chi connectivity index (χ4v) is 5.69. The number of ether oxygens (including phenoxy) is 1. The first-order chi connectivity index (χ1) is 9.82. The van der Waals surface area contributed by atoms with Gasteiger partial charge in [-0.2, -0.15) is 4.31 Å². The van der Waals surface area contributed by atoms with Crippen LogP contribution in [0.1, 0.15) is 38.5 Å². The molecule has 21 heavy (non-hydrogen) atoms. The maximum absolute atomic E-state index is 12.6. The molecule has 0 bridgehead atoms. The molecule has 1 saturated carbocycles. The molecule has 0 spiro atoms. The van der Waals surface area contributed by atoms with Gasteiger partial charge >= 0.3 is 11.9 Å². The van der Waals surface area contributed by atoms with Gasteiger partial charge in [0.25, 0.3) is 0 Å². The maximum Gasteiger partial charge on any atom is 0.322 e. The molecule has 0 amide bonds. The highest BCUT2D eigenvalue weighted by Gasteiger charge is 2.49. The second-order valence-electron chi connectivity index (χ2n) is 5.84. The minimum atomic E-state index is -3.80. The minimum Gasteiger partial charge on any atom is -0.480 e. The highest BCUT2D eigenvalue weighted by atomic mass is 32.2. The van der Waals surface area contributed by atoms with Crippen LogP contribution in [-0.4, -0.2) is 55.2 Å². The van der Waals surface area contributed by atoms with Crippen LogP contribution < -0.4 is 0 Å². The molecule has 0 aromatic heterocycles. The van der Waals surface area contributed by atoms with Crippen molar-refractivity contribution in [2.24, 2.45) is 5.41 Å². The summed E-state index contributed by atoms with van der Waals surface area (Å²) in [6.07, 6.45) is 3.37. The van der Waals surface area contributed by atoms with Crippen LogP contribution in [0.3, 0.4) is 0 Å². The number of carbonyl (C=O) groups is 2. The molecule has 2 aliphatic rings. The van der Waals surface area contributed by atoms with Gasteiger partial charge in [-0.25, -0.2) is 8.42 Å². The molecule has 2 rings (SSSR count). The number of carboxylic acids is 1. The van der Waals surface area contributed by atoms with Gasteiger partial charge < -0.3 is 9.84 Å². The van der Waals surface area contributed by atoms with Crippen molar-refractivity contribution in [3.05, 3.63) is 0 Å². The van der Waals surface area contributed by atoms with E-state index in [1.165, 1.54) is 7.11 Å². The molecule has 1 saturated heterocycles. The molecule has 7 nitrogen and oxygen atoms in total. The lowest BCUT2D eigenvalue weighted by Crippen LogP contribution is -2.46. The van der Waals surface area contributed by atoms with Gasteiger partial charge in [0, 0.05) is 6.54 Å². The molecule has 0 radical (unpaired) electrons. The average molecular weight is 319 g/mol. The van der Waals surface area contributed by atoms with Crippen LogP contribution in [0.2, 0.25) is 0 Å². The highest BCUT2D eigenvalue weighted by molar-refractivity contribution is 7.89. The average Bonchev–Trinajstić information content (AvgIpc) is 3.06. The number of hydrogen-bond acceptors (Lipinski definition) is 5. The van der Waals surface area contributed by atoms with Crippen LogP contribution in [-0.2, 0) is 24.3 Å². The summed E-state index contributed by atoms with van der Waals surface area (Å²) in [5, 5.41) is 9.13. The van der Waals surface area contributed by atoms with Gasteiger partial charge in [0.2, 0.25) is 10.0 Å². The summed E-state index contributed by atoms with van der Waals surface area (Å²) in [5.41, 5.74) is -1.01. The number of carbonyl (C=O) groups excluding carboxylic acids is 1. The van der Waals surface area contributed by atoms with Crippen LogP contribution in [0.4, 0.5) is 0 Å². The Balaban J connectivity index is 2.23. The van der Waals surface area contributed by atoms with Gasteiger partial charge in [-0.15, -0.1) is 0 Å². The highest BCUT2D eigenvalue weighted by Crippen LogP contribution is 2.41. The first-order valence-electron chi connectivity index (χ1n) is 7.13. The van der Waals surface area contributed by atoms with Crippen molar-refractivity contribution < 1.29 is 27.9 Å². The number of sulfonamides is 1. The van der Waals surface area contributed by atoms with Gasteiger partial charge in [0.05, 0.1) is 18.3 Å². The molecular weight excluding hydrogens is 298 g/mol. The Labute approximate surface area is 124 Å². The van der Waals surface area contributed by atoms with Crippen molar-refractivity contribution in [2.45, 2.75) is 44.6 Å². The number of hydrogen-bond donors (Lipinski definition) is 1. The molecule has 8 heteroatoms. The largest absolute Gasteiger partial charge is 0.480 e. The number of nitrogens with zero attached hydrogens (tertiary/aromatic N) is 1. The molecule has 1 atom stereocenters. The first kappa shape index (κ1) is 16.2. The van der Waals surface area contributed by atoms with E-state index in [4.69, 9.17) is 9.84 Å². The van der Waals surface area contributed by atoms with Gasteiger partial charge in [-0.1, -0.05) is 12.8 Å². The fraction of sp³-hybridized carbons (Fsp3) is 0.846. The van der Waals surface area contributed by atoms with E-state index in [1.807, 2.05) is 0 Å². The number of aliphatic carboxylic acids is 1. The predicted molar refractivity (Wildman–Crippen MR) is 74.1 cm³/mol. The number of esters is 1. The summed E-state index contributed by atoms with van der Waals surface area (Å²) >= 11 is 0. The molecular formula is C13H21NO6S. The summed E-state index contributed by atoms with van der Waals surface area (Å²) in [7, 11) is -2.54. The van der Waals surface area contributed by atoms with E-state index in [-0.39, 0.29) is 12.3 Å². The molecule has 0 aromatic carbocycles. The molecule has 120 valence electrons. The lowest BCUT2D eigenvalue weighted by molar-refractivity contribution is -0.151. The Hall–Kier alpha value is -1.15. The van der Waals surface area contributed by atoms with E-state index in [1.54, 1.807) is 0 Å². The third-order valence-electron chi connectivity index (χ3n) is 4.48. The zero-order valence-electron chi connectivity index (χ0n) is 12.1. The molecule has 1 aliphatic carbocycles. The second kappa shape index (κ2) is 5.92. The Morgan fingerprint density at radius 1 is 1.29 bits per heavy atom. The van der Waals surface area contributed by atoms with E-state index in [2.05, 4.69) is 0 Å². The van der Waals surface area contributed by atoms with Gasteiger partial charge in [-0.05, 0) is 25.7 Å². The second-order valence-corrected chi connectivity index (χ2v) is 7.76. The van der Waals surface area contributed by atoms with Crippen molar-refractivity contribution in [3.8, 4) is 0 Å². The Morgan fingerprint density at radius 3 is 2.43 bits per heavy atom. The molecule has 1 heterocycles. The predicted octanol–water partition coefficient (Wildman–Crippen LogP) is 0.599. The Bertz CT molecular complexity index is 523. The summed E-state index contributed by atoms with van der Waals surface area (Å²) in [5.74, 6) is -1.99. The van der Waals surface area contributed by atoms with E-state index in [0.717, 1.165) is 17.1 Å². The molecule has 2 fully saturated rings. The van der Waals surface area contributed by atoms with Crippen molar-refractivity contribution in [2.75, 3.05) is 19.4 Å². The van der Waals surface area contributed by atoms with E-state index >= 15 is 0 Å². The van der Waals surface area contributed by atoms with Crippen LogP contribution in [0, 0.1) is 5.41 Å². The number of methoxy groups -OCH3 is 1. The molecule has 0 aromatic rings. The SMILES string of the molecule is COC(=O)C1(CS(=O)(=O)N2CCC[C@H]2C(=O)O)CCCC1. The van der Waals surface area contributed by atoms with Crippen molar-refractivity contribution in [1.82, 2.24) is 4.31 Å². The van der Waals surface area contributed by atoms with Crippen LogP contribution in [0.25, 0.3) is 0 Å². The smallest absolute Gasteiger partial charge is 0.322 e. The van der Waals surface area contributed by atoms with Crippen molar-refractivity contribution in [1.29, 1.82) is 0 Å². The summed E-state index contributed by atoms with van der Waals surface area (Å²) in [4.78, 5) is 23.2. The van der Waals surface area contributed by atoms with E-state index < -0.39 is 33.4 Å². The number of rotatable bonds is 5. The van der Waals surface area contributed by atoms with E-state index in [0.29, 0.717) is 25.7 Å². The first-order valence-corrected chi connectivity index (χ1v) is 8.74. The zero-order chi connectivity index (χ0) is 15.7. The van der Waals surface area contributed by atoms with Gasteiger partial charge in [0.1, 0.15) is 6.04 Å². The normalized spacial score (nSPS) is 25.9. The number of carboxylic acid groups (broad SMARTS) is 1. The fourth-order valence-electron chi connectivity index (χ4n) is 3.43. The summed E-state index contributed by atoms with van der Waals surface area (Å²) in [6, 6.07) is -1.01. The third-order valence-corrected chi connectivity index (χ3v) is 6.55. The van der Waals surface area contributed by atoms with Crippen molar-refractivity contribution >= 4 is 22.0 Å². The molecule has 1 N–H and O–H groups in total. The topological polar surface area (TPSA) is 101 Å². The lowest BCUT2D eigenvalue weighted by atomic mass is 9.89. The Morgan fingerprint density at radius 2 is 1.90 bits per heavy atom.